The molecule has 0 amide bonds. The van der Waals surface area contributed by atoms with Gasteiger partial charge in [0, 0.05) is 28.4 Å². The van der Waals surface area contributed by atoms with Crippen LogP contribution in [0.5, 0.6) is 0 Å². The average molecular weight is 353 g/mol. The van der Waals surface area contributed by atoms with Gasteiger partial charge in [-0.05, 0) is 23.3 Å². The minimum absolute atomic E-state index is 0.0503. The van der Waals surface area contributed by atoms with Crippen LogP contribution in [0.2, 0.25) is 5.02 Å². The van der Waals surface area contributed by atoms with E-state index >= 15 is 0 Å². The first-order valence-corrected chi connectivity index (χ1v) is 8.88. The summed E-state index contributed by atoms with van der Waals surface area (Å²) < 4.78 is 0. The Bertz CT molecular complexity index is 868. The van der Waals surface area contributed by atoms with Gasteiger partial charge in [-0.3, -0.25) is 0 Å². The van der Waals surface area contributed by atoms with E-state index in [2.05, 4.69) is 18.2 Å². The first kappa shape index (κ1) is 16.5. The van der Waals surface area contributed by atoms with Crippen molar-refractivity contribution in [3.8, 4) is 18.2 Å². The number of hydrogen-bond acceptors (Lipinski definition) is 5. The van der Waals surface area contributed by atoms with Gasteiger partial charge in [0.05, 0.1) is 23.4 Å². The largest absolute Gasteiger partial charge is 0.399 e. The number of nitrogens with zero attached hydrogens (tertiary/aromatic N) is 3. The van der Waals surface area contributed by atoms with E-state index in [1.807, 2.05) is 12.1 Å². The molecule has 4 nitrogen and oxygen atoms in total. The van der Waals surface area contributed by atoms with E-state index in [-0.39, 0.29) is 17.2 Å². The molecular formula is C18H13ClN4S. The van der Waals surface area contributed by atoms with Crippen LogP contribution < -0.4 is 5.73 Å². The molecule has 6 heteroatoms. The lowest BCUT2D eigenvalue weighted by molar-refractivity contribution is 0.368. The van der Waals surface area contributed by atoms with E-state index in [9.17, 15) is 15.8 Å². The molecule has 0 spiro atoms. The Labute approximate surface area is 149 Å². The quantitative estimate of drug-likeness (QED) is 0.834. The van der Waals surface area contributed by atoms with Crippen LogP contribution in [-0.4, -0.2) is 11.5 Å². The van der Waals surface area contributed by atoms with Gasteiger partial charge in [0.15, 0.2) is 5.41 Å². The van der Waals surface area contributed by atoms with Crippen molar-refractivity contribution in [2.75, 3.05) is 11.5 Å². The third-order valence-electron chi connectivity index (χ3n) is 4.64. The molecule has 0 radical (unpaired) electrons. The van der Waals surface area contributed by atoms with Gasteiger partial charge in [0.2, 0.25) is 0 Å². The molecule has 0 fully saturated rings. The zero-order valence-corrected chi connectivity index (χ0v) is 14.2. The summed E-state index contributed by atoms with van der Waals surface area (Å²) in [5.41, 5.74) is 6.59. The third-order valence-corrected chi connectivity index (χ3v) is 5.87. The van der Waals surface area contributed by atoms with E-state index in [0.717, 1.165) is 22.6 Å². The SMILES string of the molecule is N#CC1=C(N)C(C#N)(C#N)[C@@H](c2cccc(Cl)c2)[C@@H]2CSCC=C12. The van der Waals surface area contributed by atoms with Crippen molar-refractivity contribution in [2.45, 2.75) is 5.92 Å². The summed E-state index contributed by atoms with van der Waals surface area (Å²) in [6, 6.07) is 13.5. The van der Waals surface area contributed by atoms with Crippen molar-refractivity contribution in [3.05, 3.63) is 57.8 Å². The van der Waals surface area contributed by atoms with Crippen LogP contribution >= 0.6 is 23.4 Å². The second kappa shape index (κ2) is 6.25. The lowest BCUT2D eigenvalue weighted by atomic mass is 9.59. The number of rotatable bonds is 1. The number of benzene rings is 1. The highest BCUT2D eigenvalue weighted by atomic mass is 35.5. The molecule has 1 aliphatic carbocycles. The highest BCUT2D eigenvalue weighted by Gasteiger charge is 2.53. The summed E-state index contributed by atoms with van der Waals surface area (Å²) in [4.78, 5) is 0. The van der Waals surface area contributed by atoms with Crippen LogP contribution in [0.15, 0.2) is 47.2 Å². The summed E-state index contributed by atoms with van der Waals surface area (Å²) >= 11 is 7.85. The summed E-state index contributed by atoms with van der Waals surface area (Å²) in [5.74, 6) is 0.941. The van der Waals surface area contributed by atoms with Crippen LogP contribution in [0.4, 0.5) is 0 Å². The molecule has 1 aliphatic heterocycles. The maximum absolute atomic E-state index is 9.86. The second-order valence-corrected chi connectivity index (χ2v) is 7.28. The summed E-state index contributed by atoms with van der Waals surface area (Å²) in [6.45, 7) is 0. The van der Waals surface area contributed by atoms with E-state index in [1.165, 1.54) is 0 Å². The zero-order valence-electron chi connectivity index (χ0n) is 12.7. The number of hydrogen-bond donors (Lipinski definition) is 1. The van der Waals surface area contributed by atoms with Gasteiger partial charge in [0.1, 0.15) is 6.07 Å². The van der Waals surface area contributed by atoms with Crippen molar-refractivity contribution in [3.63, 3.8) is 0 Å². The van der Waals surface area contributed by atoms with Crippen molar-refractivity contribution in [1.29, 1.82) is 15.8 Å². The van der Waals surface area contributed by atoms with Crippen molar-refractivity contribution < 1.29 is 0 Å². The summed E-state index contributed by atoms with van der Waals surface area (Å²) in [6.07, 6.45) is 1.99. The van der Waals surface area contributed by atoms with Gasteiger partial charge in [-0.1, -0.05) is 29.8 Å². The lowest BCUT2D eigenvalue weighted by Crippen LogP contribution is -2.43. The molecular weight excluding hydrogens is 340 g/mol. The Balaban J connectivity index is 2.34. The Hall–Kier alpha value is -2.39. The van der Waals surface area contributed by atoms with Crippen LogP contribution in [-0.2, 0) is 0 Å². The maximum Gasteiger partial charge on any atom is 0.191 e. The summed E-state index contributed by atoms with van der Waals surface area (Å²) in [5, 5.41) is 29.8. The van der Waals surface area contributed by atoms with E-state index < -0.39 is 11.3 Å². The molecule has 0 aromatic heterocycles. The molecule has 1 aromatic carbocycles. The number of nitrogens with two attached hydrogens (primary N) is 1. The van der Waals surface area contributed by atoms with Gasteiger partial charge < -0.3 is 5.73 Å². The molecule has 0 unspecified atom stereocenters. The molecule has 118 valence electrons. The van der Waals surface area contributed by atoms with Crippen LogP contribution in [0, 0.1) is 45.3 Å². The molecule has 2 N–H and O–H groups in total. The van der Waals surface area contributed by atoms with Gasteiger partial charge in [-0.15, -0.1) is 0 Å². The number of thioether (sulfide) groups is 1. The normalized spacial score (nSPS) is 24.8. The highest BCUT2D eigenvalue weighted by molar-refractivity contribution is 7.99. The van der Waals surface area contributed by atoms with Gasteiger partial charge in [0.25, 0.3) is 0 Å². The molecule has 0 bridgehead atoms. The lowest BCUT2D eigenvalue weighted by Gasteiger charge is -2.43. The van der Waals surface area contributed by atoms with E-state index in [1.54, 1.807) is 30.0 Å². The molecule has 1 heterocycles. The van der Waals surface area contributed by atoms with Gasteiger partial charge in [-0.2, -0.15) is 27.5 Å². The first-order chi connectivity index (χ1) is 11.6. The second-order valence-electron chi connectivity index (χ2n) is 5.77. The molecule has 24 heavy (non-hydrogen) atoms. The Kier molecular flexibility index (Phi) is 4.29. The van der Waals surface area contributed by atoms with Gasteiger partial charge >= 0.3 is 0 Å². The minimum Gasteiger partial charge on any atom is -0.399 e. The third kappa shape index (κ3) is 2.28. The molecule has 0 saturated heterocycles. The van der Waals surface area contributed by atoms with Crippen molar-refractivity contribution in [2.24, 2.45) is 17.1 Å². The van der Waals surface area contributed by atoms with Crippen LogP contribution in [0.1, 0.15) is 11.5 Å². The molecule has 3 rings (SSSR count). The smallest absolute Gasteiger partial charge is 0.191 e. The maximum atomic E-state index is 9.86. The topological polar surface area (TPSA) is 97.4 Å². The number of halogens is 1. The number of fused-ring (bicyclic) bond motifs is 1. The van der Waals surface area contributed by atoms with Gasteiger partial charge in [-0.25, -0.2) is 0 Å². The molecule has 2 atom stereocenters. The number of nitriles is 3. The predicted octanol–water partition coefficient (Wildman–Crippen LogP) is 3.50. The number of allylic oxidation sites excluding steroid dienone is 3. The minimum atomic E-state index is -1.57. The van der Waals surface area contributed by atoms with E-state index in [0.29, 0.717) is 5.02 Å². The standard InChI is InChI=1S/C18H13ClN4S/c19-12-3-1-2-11(6-12)16-15-8-24-5-4-13(15)14(7-20)17(23)18(16,9-21)10-22/h1-4,6,15-16H,5,8,23H2/t15-,16+/m1/s1. The monoisotopic (exact) mass is 352 g/mol. The molecule has 1 aromatic rings. The Morgan fingerprint density at radius 2 is 2.00 bits per heavy atom. The van der Waals surface area contributed by atoms with Crippen LogP contribution in [0.25, 0.3) is 0 Å². The van der Waals surface area contributed by atoms with Crippen molar-refractivity contribution >= 4 is 23.4 Å². The highest BCUT2D eigenvalue weighted by Crippen LogP contribution is 2.55. The van der Waals surface area contributed by atoms with Crippen LogP contribution in [0.3, 0.4) is 0 Å². The fourth-order valence-corrected chi connectivity index (χ4v) is 4.82. The Morgan fingerprint density at radius 1 is 1.25 bits per heavy atom. The molecule has 0 saturated carbocycles. The fourth-order valence-electron chi connectivity index (χ4n) is 3.56. The fraction of sp³-hybridized carbons (Fsp3) is 0.278. The predicted molar refractivity (Wildman–Crippen MR) is 93.6 cm³/mol. The summed E-state index contributed by atoms with van der Waals surface area (Å²) in [7, 11) is 0. The average Bonchev–Trinajstić information content (AvgIpc) is 2.61. The zero-order chi connectivity index (χ0) is 17.3. The molecule has 2 aliphatic rings. The van der Waals surface area contributed by atoms with E-state index in [4.69, 9.17) is 17.3 Å². The first-order valence-electron chi connectivity index (χ1n) is 7.35. The van der Waals surface area contributed by atoms with Crippen molar-refractivity contribution in [1.82, 2.24) is 0 Å². The Morgan fingerprint density at radius 3 is 2.62 bits per heavy atom.